The Balaban J connectivity index is 2.19. The fourth-order valence-corrected chi connectivity index (χ4v) is 1.49. The third kappa shape index (κ3) is 2.33. The quantitative estimate of drug-likeness (QED) is 0.755. The van der Waals surface area contributed by atoms with Crippen molar-refractivity contribution in [3.05, 3.63) is 40.7 Å². The van der Waals surface area contributed by atoms with Gasteiger partial charge in [-0.3, -0.25) is 4.79 Å². The molecule has 88 valence electrons. The third-order valence-corrected chi connectivity index (χ3v) is 2.47. The Morgan fingerprint density at radius 3 is 2.82 bits per heavy atom. The van der Waals surface area contributed by atoms with Crippen LogP contribution in [0.2, 0.25) is 0 Å². The van der Waals surface area contributed by atoms with Gasteiger partial charge in [0, 0.05) is 0 Å². The molecule has 0 bridgehead atoms. The van der Waals surface area contributed by atoms with E-state index in [1.54, 1.807) is 13.0 Å². The van der Waals surface area contributed by atoms with E-state index in [0.29, 0.717) is 22.7 Å². The van der Waals surface area contributed by atoms with Crippen molar-refractivity contribution in [3.63, 3.8) is 0 Å². The minimum Gasteiger partial charge on any atom is -0.486 e. The Kier molecular flexibility index (Phi) is 3.18. The van der Waals surface area contributed by atoms with Crippen molar-refractivity contribution in [1.29, 1.82) is 0 Å². The monoisotopic (exact) mass is 232 g/mol. The average molecular weight is 232 g/mol. The highest BCUT2D eigenvalue weighted by Crippen LogP contribution is 2.22. The Morgan fingerprint density at radius 1 is 1.35 bits per heavy atom. The van der Waals surface area contributed by atoms with Crippen LogP contribution in [0.5, 0.6) is 5.75 Å². The molecule has 1 aromatic carbocycles. The first-order valence-electron chi connectivity index (χ1n) is 5.18. The molecular weight excluding hydrogens is 220 g/mol. The number of hydrogen-bond acceptors (Lipinski definition) is 5. The summed E-state index contributed by atoms with van der Waals surface area (Å²) < 4.78 is 10.2. The van der Waals surface area contributed by atoms with E-state index in [1.807, 2.05) is 19.1 Å². The van der Waals surface area contributed by atoms with Gasteiger partial charge in [-0.15, -0.1) is 0 Å². The van der Waals surface area contributed by atoms with Crippen molar-refractivity contribution in [2.75, 3.05) is 0 Å². The summed E-state index contributed by atoms with van der Waals surface area (Å²) in [4.78, 5) is 10.9. The van der Waals surface area contributed by atoms with Gasteiger partial charge in [-0.05, 0) is 25.5 Å². The topological polar surface area (TPSA) is 65.2 Å². The Labute approximate surface area is 98.4 Å². The van der Waals surface area contributed by atoms with Crippen LogP contribution in [-0.4, -0.2) is 16.6 Å². The summed E-state index contributed by atoms with van der Waals surface area (Å²) in [6.45, 7) is 3.91. The number of aryl methyl sites for hydroxylation is 2. The van der Waals surface area contributed by atoms with Crippen molar-refractivity contribution >= 4 is 6.29 Å². The minimum absolute atomic E-state index is 0.237. The number of aromatic nitrogens is 2. The highest BCUT2D eigenvalue weighted by Gasteiger charge is 2.10. The van der Waals surface area contributed by atoms with Crippen molar-refractivity contribution in [2.24, 2.45) is 0 Å². The summed E-state index contributed by atoms with van der Waals surface area (Å²) in [7, 11) is 0. The summed E-state index contributed by atoms with van der Waals surface area (Å²) in [5.41, 5.74) is 2.75. The zero-order valence-electron chi connectivity index (χ0n) is 9.64. The van der Waals surface area contributed by atoms with Gasteiger partial charge in [-0.25, -0.2) is 4.63 Å². The highest BCUT2D eigenvalue weighted by molar-refractivity contribution is 5.80. The smallest absolute Gasteiger partial charge is 0.153 e. The minimum atomic E-state index is 0.237. The number of benzene rings is 1. The van der Waals surface area contributed by atoms with Gasteiger partial charge in [-0.1, -0.05) is 22.4 Å². The first-order valence-corrected chi connectivity index (χ1v) is 5.18. The van der Waals surface area contributed by atoms with E-state index >= 15 is 0 Å². The Hall–Kier alpha value is -2.17. The molecule has 0 saturated carbocycles. The molecule has 17 heavy (non-hydrogen) atoms. The maximum absolute atomic E-state index is 10.9. The van der Waals surface area contributed by atoms with Crippen LogP contribution in [0.3, 0.4) is 0 Å². The fraction of sp³-hybridized carbons (Fsp3) is 0.250. The van der Waals surface area contributed by atoms with Crippen molar-refractivity contribution < 1.29 is 14.2 Å². The number of hydrogen-bond donors (Lipinski definition) is 0. The summed E-state index contributed by atoms with van der Waals surface area (Å²) in [5.74, 6) is 0.574. The lowest BCUT2D eigenvalue weighted by Gasteiger charge is -2.09. The van der Waals surface area contributed by atoms with Crippen LogP contribution in [0.4, 0.5) is 0 Å². The number of carbonyl (C=O) groups excluding carboxylic acids is 1. The molecule has 0 saturated heterocycles. The van der Waals surface area contributed by atoms with Crippen molar-refractivity contribution in [2.45, 2.75) is 20.5 Å². The predicted molar refractivity (Wildman–Crippen MR) is 59.9 cm³/mol. The first-order chi connectivity index (χ1) is 8.22. The second-order valence-electron chi connectivity index (χ2n) is 3.70. The van der Waals surface area contributed by atoms with Gasteiger partial charge >= 0.3 is 0 Å². The summed E-state index contributed by atoms with van der Waals surface area (Å²) >= 11 is 0. The van der Waals surface area contributed by atoms with Gasteiger partial charge in [0.1, 0.15) is 23.7 Å². The largest absolute Gasteiger partial charge is 0.486 e. The first kappa shape index (κ1) is 11.3. The maximum atomic E-state index is 10.9. The van der Waals surface area contributed by atoms with Crippen LogP contribution in [0.1, 0.15) is 27.3 Å². The number of ether oxygens (including phenoxy) is 1. The lowest BCUT2D eigenvalue weighted by Crippen LogP contribution is -2.01. The van der Waals surface area contributed by atoms with E-state index in [4.69, 9.17) is 4.74 Å². The molecule has 2 aromatic rings. The van der Waals surface area contributed by atoms with E-state index in [-0.39, 0.29) is 6.61 Å². The van der Waals surface area contributed by atoms with E-state index in [1.165, 1.54) is 0 Å². The van der Waals surface area contributed by atoms with Crippen LogP contribution in [-0.2, 0) is 6.61 Å². The van der Waals surface area contributed by atoms with Crippen LogP contribution < -0.4 is 4.74 Å². The fourth-order valence-electron chi connectivity index (χ4n) is 1.49. The zero-order chi connectivity index (χ0) is 12.3. The van der Waals surface area contributed by atoms with Gasteiger partial charge < -0.3 is 4.74 Å². The van der Waals surface area contributed by atoms with E-state index in [0.717, 1.165) is 11.8 Å². The molecule has 0 aliphatic carbocycles. The van der Waals surface area contributed by atoms with E-state index in [2.05, 4.69) is 14.9 Å². The van der Waals surface area contributed by atoms with Gasteiger partial charge in [0.05, 0.1) is 5.56 Å². The zero-order valence-corrected chi connectivity index (χ0v) is 9.64. The van der Waals surface area contributed by atoms with Crippen LogP contribution in [0.15, 0.2) is 22.8 Å². The van der Waals surface area contributed by atoms with E-state index in [9.17, 15) is 4.79 Å². The molecule has 1 heterocycles. The van der Waals surface area contributed by atoms with Gasteiger partial charge in [0.2, 0.25) is 0 Å². The lowest BCUT2D eigenvalue weighted by molar-refractivity contribution is 0.111. The van der Waals surface area contributed by atoms with Gasteiger partial charge in [-0.2, -0.15) is 0 Å². The van der Waals surface area contributed by atoms with Gasteiger partial charge in [0.15, 0.2) is 6.29 Å². The van der Waals surface area contributed by atoms with Crippen molar-refractivity contribution in [1.82, 2.24) is 10.3 Å². The lowest BCUT2D eigenvalue weighted by atomic mass is 10.1. The molecule has 0 N–H and O–H groups in total. The maximum Gasteiger partial charge on any atom is 0.153 e. The number of carbonyl (C=O) groups is 1. The Morgan fingerprint density at radius 2 is 2.18 bits per heavy atom. The number of para-hydroxylation sites is 1. The second kappa shape index (κ2) is 4.78. The van der Waals surface area contributed by atoms with Gasteiger partial charge in [0.25, 0.3) is 0 Å². The van der Waals surface area contributed by atoms with Crippen LogP contribution >= 0.6 is 0 Å². The van der Waals surface area contributed by atoms with Crippen LogP contribution in [0.25, 0.3) is 0 Å². The molecule has 0 atom stereocenters. The molecule has 0 aliphatic heterocycles. The van der Waals surface area contributed by atoms with Crippen LogP contribution in [0, 0.1) is 13.8 Å². The molecular formula is C12H12N2O3. The Bertz CT molecular complexity index is 534. The molecule has 1 aromatic heterocycles. The molecule has 0 unspecified atom stereocenters. The normalized spacial score (nSPS) is 10.2. The molecule has 5 heteroatoms. The molecule has 5 nitrogen and oxygen atoms in total. The SMILES string of the molecule is Cc1cccc(C=O)c1OCc1nonc1C. The predicted octanol–water partition coefficient (Wildman–Crippen LogP) is 2.08. The number of aldehydes is 1. The van der Waals surface area contributed by atoms with Crippen molar-refractivity contribution in [3.8, 4) is 5.75 Å². The number of nitrogens with zero attached hydrogens (tertiary/aromatic N) is 2. The third-order valence-electron chi connectivity index (χ3n) is 2.47. The number of rotatable bonds is 4. The molecule has 0 amide bonds. The summed E-state index contributed by atoms with van der Waals surface area (Å²) in [6.07, 6.45) is 0.774. The average Bonchev–Trinajstić information content (AvgIpc) is 2.73. The standard InChI is InChI=1S/C12H12N2O3/c1-8-4-3-5-10(6-15)12(8)16-7-11-9(2)13-17-14-11/h3-6H,7H2,1-2H3. The molecule has 0 aliphatic rings. The van der Waals surface area contributed by atoms with E-state index < -0.39 is 0 Å². The molecule has 2 rings (SSSR count). The highest BCUT2D eigenvalue weighted by atomic mass is 16.6. The second-order valence-corrected chi connectivity index (χ2v) is 3.70. The summed E-state index contributed by atoms with van der Waals surface area (Å²) in [5, 5.41) is 7.37. The molecule has 0 spiro atoms. The molecule has 0 fully saturated rings. The summed E-state index contributed by atoms with van der Waals surface area (Å²) in [6, 6.07) is 5.41. The molecule has 0 radical (unpaired) electrons.